The number of hydrogen-bond acceptors (Lipinski definition) is 5. The Balaban J connectivity index is 2.02. The van der Waals surface area contributed by atoms with Crippen LogP contribution in [0.2, 0.25) is 5.15 Å². The number of halogens is 1. The van der Waals surface area contributed by atoms with Crippen molar-refractivity contribution in [3.05, 3.63) is 11.2 Å². The van der Waals surface area contributed by atoms with Gasteiger partial charge in [0, 0.05) is 24.6 Å². The van der Waals surface area contributed by atoms with Crippen LogP contribution in [0.15, 0.2) is 6.07 Å². The van der Waals surface area contributed by atoms with Crippen LogP contribution in [0.5, 0.6) is 0 Å². The molecular formula is C10H15ClN4O. The predicted molar refractivity (Wildman–Crippen MR) is 63.5 cm³/mol. The van der Waals surface area contributed by atoms with Crippen molar-refractivity contribution in [2.24, 2.45) is 5.92 Å². The van der Waals surface area contributed by atoms with Gasteiger partial charge in [-0.25, -0.2) is 4.98 Å². The Hall–Kier alpha value is -1.07. The zero-order chi connectivity index (χ0) is 11.5. The van der Waals surface area contributed by atoms with E-state index in [1.807, 2.05) is 0 Å². The smallest absolute Gasteiger partial charge is 0.223 e. The second-order valence-corrected chi connectivity index (χ2v) is 4.38. The van der Waals surface area contributed by atoms with Crippen LogP contribution in [0.3, 0.4) is 0 Å². The number of rotatable bonds is 3. The Morgan fingerprint density at radius 1 is 1.62 bits per heavy atom. The molecule has 0 aromatic carbocycles. The highest BCUT2D eigenvalue weighted by Gasteiger charge is 2.22. The normalized spacial score (nSPS) is 22.0. The molecule has 0 radical (unpaired) electrons. The van der Waals surface area contributed by atoms with Crippen LogP contribution < -0.4 is 11.1 Å². The molecule has 2 rings (SSSR count). The summed E-state index contributed by atoms with van der Waals surface area (Å²) in [7, 11) is 0. The van der Waals surface area contributed by atoms with E-state index in [0.717, 1.165) is 19.6 Å². The van der Waals surface area contributed by atoms with Crippen molar-refractivity contribution in [3.63, 3.8) is 0 Å². The molecule has 1 fully saturated rings. The number of nitrogens with zero attached hydrogens (tertiary/aromatic N) is 2. The first kappa shape index (κ1) is 11.4. The van der Waals surface area contributed by atoms with Crippen LogP contribution in [0.4, 0.5) is 11.8 Å². The Morgan fingerprint density at radius 3 is 3.06 bits per heavy atom. The molecule has 1 aromatic rings. The van der Waals surface area contributed by atoms with Crippen LogP contribution in [0.1, 0.15) is 13.3 Å². The highest BCUT2D eigenvalue weighted by molar-refractivity contribution is 6.29. The van der Waals surface area contributed by atoms with Gasteiger partial charge in [-0.15, -0.1) is 0 Å². The minimum absolute atomic E-state index is 0.185. The highest BCUT2D eigenvalue weighted by atomic mass is 35.5. The first-order valence-electron chi connectivity index (χ1n) is 5.29. The SMILES string of the molecule is CC(Nc1cc(Cl)nc(N)n1)C1CCOC1. The van der Waals surface area contributed by atoms with E-state index in [2.05, 4.69) is 22.2 Å². The maximum atomic E-state index is 5.80. The zero-order valence-corrected chi connectivity index (χ0v) is 9.87. The third-order valence-electron chi connectivity index (χ3n) is 2.76. The summed E-state index contributed by atoms with van der Waals surface area (Å²) >= 11 is 5.80. The third kappa shape index (κ3) is 2.74. The van der Waals surface area contributed by atoms with Gasteiger partial charge in [0.15, 0.2) is 0 Å². The summed E-state index contributed by atoms with van der Waals surface area (Å²) in [5.41, 5.74) is 5.52. The molecule has 5 nitrogen and oxygen atoms in total. The number of nitrogen functional groups attached to an aromatic ring is 1. The lowest BCUT2D eigenvalue weighted by molar-refractivity contribution is 0.183. The number of hydrogen-bond donors (Lipinski definition) is 2. The van der Waals surface area contributed by atoms with Gasteiger partial charge >= 0.3 is 0 Å². The number of nitrogens with one attached hydrogen (secondary N) is 1. The van der Waals surface area contributed by atoms with Crippen LogP contribution in [0.25, 0.3) is 0 Å². The second-order valence-electron chi connectivity index (χ2n) is 3.99. The molecule has 0 amide bonds. The summed E-state index contributed by atoms with van der Waals surface area (Å²) in [6.07, 6.45) is 1.07. The fourth-order valence-electron chi connectivity index (χ4n) is 1.81. The lowest BCUT2D eigenvalue weighted by Crippen LogP contribution is -2.26. The zero-order valence-electron chi connectivity index (χ0n) is 9.11. The summed E-state index contributed by atoms with van der Waals surface area (Å²) < 4.78 is 5.34. The third-order valence-corrected chi connectivity index (χ3v) is 2.95. The van der Waals surface area contributed by atoms with E-state index in [0.29, 0.717) is 16.9 Å². The van der Waals surface area contributed by atoms with Crippen LogP contribution in [-0.4, -0.2) is 29.2 Å². The first-order valence-corrected chi connectivity index (χ1v) is 5.67. The van der Waals surface area contributed by atoms with E-state index >= 15 is 0 Å². The topological polar surface area (TPSA) is 73.1 Å². The second kappa shape index (κ2) is 4.84. The largest absolute Gasteiger partial charge is 0.381 e. The molecule has 16 heavy (non-hydrogen) atoms. The van der Waals surface area contributed by atoms with Crippen molar-refractivity contribution < 1.29 is 4.74 Å². The number of nitrogens with two attached hydrogens (primary N) is 1. The van der Waals surface area contributed by atoms with Crippen molar-refractivity contribution in [1.29, 1.82) is 0 Å². The van der Waals surface area contributed by atoms with E-state index < -0.39 is 0 Å². The molecule has 1 aliphatic rings. The molecule has 6 heteroatoms. The van der Waals surface area contributed by atoms with E-state index in [1.165, 1.54) is 0 Å². The molecule has 2 atom stereocenters. The van der Waals surface area contributed by atoms with Gasteiger partial charge in [0.25, 0.3) is 0 Å². The Morgan fingerprint density at radius 2 is 2.44 bits per heavy atom. The summed E-state index contributed by atoms with van der Waals surface area (Å²) in [5, 5.41) is 3.62. The molecule has 0 spiro atoms. The van der Waals surface area contributed by atoms with Crippen LogP contribution in [0, 0.1) is 5.92 Å². The van der Waals surface area contributed by atoms with Crippen LogP contribution >= 0.6 is 11.6 Å². The Kier molecular flexibility index (Phi) is 3.46. The Bertz CT molecular complexity index is 348. The minimum Gasteiger partial charge on any atom is -0.381 e. The minimum atomic E-state index is 0.185. The maximum Gasteiger partial charge on any atom is 0.223 e. The van der Waals surface area contributed by atoms with Gasteiger partial charge in [-0.3, -0.25) is 0 Å². The Labute approximate surface area is 99.4 Å². The quantitative estimate of drug-likeness (QED) is 0.787. The lowest BCUT2D eigenvalue weighted by atomic mass is 10.0. The van der Waals surface area contributed by atoms with Gasteiger partial charge in [0.05, 0.1) is 6.61 Å². The molecule has 1 saturated heterocycles. The standard InChI is InChI=1S/C10H15ClN4O/c1-6(7-2-3-16-5-7)13-9-4-8(11)14-10(12)15-9/h4,6-7H,2-3,5H2,1H3,(H3,12,13,14,15). The fraction of sp³-hybridized carbons (Fsp3) is 0.600. The average molecular weight is 243 g/mol. The van der Waals surface area contributed by atoms with Crippen molar-refractivity contribution in [3.8, 4) is 0 Å². The summed E-state index contributed by atoms with van der Waals surface area (Å²) in [5.74, 6) is 1.36. The van der Waals surface area contributed by atoms with E-state index in [-0.39, 0.29) is 12.0 Å². The molecule has 0 saturated carbocycles. The molecule has 2 heterocycles. The van der Waals surface area contributed by atoms with Gasteiger partial charge < -0.3 is 15.8 Å². The molecule has 1 aromatic heterocycles. The lowest BCUT2D eigenvalue weighted by Gasteiger charge is -2.19. The van der Waals surface area contributed by atoms with Crippen molar-refractivity contribution >= 4 is 23.4 Å². The monoisotopic (exact) mass is 242 g/mol. The molecule has 0 bridgehead atoms. The molecule has 0 aliphatic carbocycles. The maximum absolute atomic E-state index is 5.80. The first-order chi connectivity index (χ1) is 7.65. The summed E-state index contributed by atoms with van der Waals surface area (Å²) in [6.45, 7) is 3.73. The average Bonchev–Trinajstić information content (AvgIpc) is 2.68. The molecule has 88 valence electrons. The predicted octanol–water partition coefficient (Wildman–Crippen LogP) is 1.55. The van der Waals surface area contributed by atoms with Crippen molar-refractivity contribution in [2.45, 2.75) is 19.4 Å². The van der Waals surface area contributed by atoms with E-state index in [1.54, 1.807) is 6.07 Å². The van der Waals surface area contributed by atoms with Crippen molar-refractivity contribution in [1.82, 2.24) is 9.97 Å². The number of anilines is 2. The summed E-state index contributed by atoms with van der Waals surface area (Å²) in [4.78, 5) is 7.88. The van der Waals surface area contributed by atoms with Gasteiger partial charge in [-0.1, -0.05) is 11.6 Å². The highest BCUT2D eigenvalue weighted by Crippen LogP contribution is 2.20. The molecule has 1 aliphatic heterocycles. The van der Waals surface area contributed by atoms with Gasteiger partial charge in [0.1, 0.15) is 11.0 Å². The number of ether oxygens (including phenoxy) is 1. The van der Waals surface area contributed by atoms with Crippen molar-refractivity contribution in [2.75, 3.05) is 24.3 Å². The van der Waals surface area contributed by atoms with E-state index in [9.17, 15) is 0 Å². The molecule has 3 N–H and O–H groups in total. The molecule has 2 unspecified atom stereocenters. The van der Waals surface area contributed by atoms with E-state index in [4.69, 9.17) is 22.1 Å². The van der Waals surface area contributed by atoms with Gasteiger partial charge in [-0.2, -0.15) is 4.98 Å². The van der Waals surface area contributed by atoms with Gasteiger partial charge in [0.2, 0.25) is 5.95 Å². The van der Waals surface area contributed by atoms with Crippen LogP contribution in [-0.2, 0) is 4.74 Å². The van der Waals surface area contributed by atoms with Gasteiger partial charge in [-0.05, 0) is 13.3 Å². The number of aromatic nitrogens is 2. The fourth-order valence-corrected chi connectivity index (χ4v) is 2.00. The molecular weight excluding hydrogens is 228 g/mol. The summed E-state index contributed by atoms with van der Waals surface area (Å²) in [6, 6.07) is 1.96.